The van der Waals surface area contributed by atoms with E-state index in [2.05, 4.69) is 30.0 Å². The van der Waals surface area contributed by atoms with Crippen molar-refractivity contribution in [1.82, 2.24) is 9.80 Å². The van der Waals surface area contributed by atoms with E-state index in [1.165, 1.54) is 12.8 Å². The van der Waals surface area contributed by atoms with Gasteiger partial charge in [-0.2, -0.15) is 0 Å². The van der Waals surface area contributed by atoms with E-state index >= 15 is 0 Å². The van der Waals surface area contributed by atoms with Gasteiger partial charge in [-0.15, -0.1) is 0 Å². The van der Waals surface area contributed by atoms with Gasteiger partial charge in [0, 0.05) is 26.2 Å². The first-order valence-electron chi connectivity index (χ1n) is 8.00. The summed E-state index contributed by atoms with van der Waals surface area (Å²) in [5.41, 5.74) is 1.59. The molecule has 0 atom stereocenters. The average molecular weight is 304 g/mol. The summed E-state index contributed by atoms with van der Waals surface area (Å²) in [4.78, 5) is 4.68. The molecule has 22 heavy (non-hydrogen) atoms. The Labute approximate surface area is 134 Å². The van der Waals surface area contributed by atoms with Crippen LogP contribution in [0.2, 0.25) is 0 Å². The van der Waals surface area contributed by atoms with Crippen molar-refractivity contribution in [2.45, 2.75) is 12.8 Å². The minimum Gasteiger partial charge on any atom is -0.493 e. The molecule has 1 aliphatic rings. The van der Waals surface area contributed by atoms with E-state index in [1.807, 2.05) is 24.3 Å². The summed E-state index contributed by atoms with van der Waals surface area (Å²) in [6.45, 7) is 4.99. The van der Waals surface area contributed by atoms with Crippen molar-refractivity contribution in [3.63, 3.8) is 0 Å². The number of piperidine rings is 1. The standard InChI is InChI=1S/C18H28N2O2/c1-19(2)11-8-16-9-12-20(13-10-16)14-15-22-18-7-5-4-6-17(18)21-3/h4-8H,9-15H2,1-3H3. The van der Waals surface area contributed by atoms with Crippen LogP contribution in [-0.4, -0.2) is 63.8 Å². The minimum atomic E-state index is 0.705. The zero-order valence-electron chi connectivity index (χ0n) is 14.0. The van der Waals surface area contributed by atoms with Crippen molar-refractivity contribution >= 4 is 0 Å². The second-order valence-electron chi connectivity index (χ2n) is 5.97. The van der Waals surface area contributed by atoms with Crippen LogP contribution in [0.25, 0.3) is 0 Å². The van der Waals surface area contributed by atoms with Gasteiger partial charge in [-0.1, -0.05) is 23.8 Å². The second-order valence-corrected chi connectivity index (χ2v) is 5.97. The molecule has 1 aromatic rings. The molecule has 0 aromatic heterocycles. The van der Waals surface area contributed by atoms with Gasteiger partial charge in [0.25, 0.3) is 0 Å². The highest BCUT2D eigenvalue weighted by Crippen LogP contribution is 2.25. The van der Waals surface area contributed by atoms with E-state index in [9.17, 15) is 0 Å². The largest absolute Gasteiger partial charge is 0.493 e. The molecule has 0 saturated carbocycles. The summed E-state index contributed by atoms with van der Waals surface area (Å²) in [5.74, 6) is 1.63. The topological polar surface area (TPSA) is 24.9 Å². The van der Waals surface area contributed by atoms with Gasteiger partial charge in [0.05, 0.1) is 7.11 Å². The van der Waals surface area contributed by atoms with Crippen LogP contribution in [0.4, 0.5) is 0 Å². The maximum atomic E-state index is 5.85. The molecule has 0 amide bonds. The van der Waals surface area contributed by atoms with Gasteiger partial charge < -0.3 is 14.4 Å². The molecule has 0 radical (unpaired) electrons. The third-order valence-corrected chi connectivity index (χ3v) is 3.98. The highest BCUT2D eigenvalue weighted by Gasteiger charge is 2.13. The molecule has 1 aromatic carbocycles. The number of benzene rings is 1. The molecule has 4 heteroatoms. The number of nitrogens with zero attached hydrogens (tertiary/aromatic N) is 2. The summed E-state index contributed by atoms with van der Waals surface area (Å²) >= 11 is 0. The fourth-order valence-corrected chi connectivity index (χ4v) is 2.60. The lowest BCUT2D eigenvalue weighted by atomic mass is 10.0. The number of ether oxygens (including phenoxy) is 2. The number of para-hydroxylation sites is 2. The molecule has 0 unspecified atom stereocenters. The van der Waals surface area contributed by atoms with Gasteiger partial charge in [0.1, 0.15) is 6.61 Å². The average Bonchev–Trinajstić information content (AvgIpc) is 2.54. The first kappa shape index (κ1) is 16.8. The van der Waals surface area contributed by atoms with E-state index in [1.54, 1.807) is 12.7 Å². The molecule has 0 aliphatic carbocycles. The van der Waals surface area contributed by atoms with Crippen LogP contribution in [0.15, 0.2) is 35.9 Å². The molecule has 2 rings (SSSR count). The predicted molar refractivity (Wildman–Crippen MR) is 90.8 cm³/mol. The minimum absolute atomic E-state index is 0.705. The molecule has 1 saturated heterocycles. The smallest absolute Gasteiger partial charge is 0.161 e. The van der Waals surface area contributed by atoms with Crippen molar-refractivity contribution < 1.29 is 9.47 Å². The summed E-state index contributed by atoms with van der Waals surface area (Å²) < 4.78 is 11.1. The molecule has 0 N–H and O–H groups in total. The van der Waals surface area contributed by atoms with Gasteiger partial charge in [0.2, 0.25) is 0 Å². The molecular formula is C18H28N2O2. The van der Waals surface area contributed by atoms with Crippen LogP contribution < -0.4 is 9.47 Å². The third-order valence-electron chi connectivity index (χ3n) is 3.98. The van der Waals surface area contributed by atoms with E-state index in [4.69, 9.17) is 9.47 Å². The number of hydrogen-bond donors (Lipinski definition) is 0. The quantitative estimate of drug-likeness (QED) is 0.723. The lowest BCUT2D eigenvalue weighted by Crippen LogP contribution is -2.34. The Hall–Kier alpha value is -1.52. The molecule has 1 aliphatic heterocycles. The molecule has 1 fully saturated rings. The van der Waals surface area contributed by atoms with E-state index in [0.29, 0.717) is 6.61 Å². The Morgan fingerprint density at radius 1 is 1.14 bits per heavy atom. The Kier molecular flexibility index (Phi) is 6.74. The van der Waals surface area contributed by atoms with E-state index in [-0.39, 0.29) is 0 Å². The number of methoxy groups -OCH3 is 1. The molecule has 4 nitrogen and oxygen atoms in total. The number of hydrogen-bond acceptors (Lipinski definition) is 4. The van der Waals surface area contributed by atoms with Crippen LogP contribution in [-0.2, 0) is 0 Å². The van der Waals surface area contributed by atoms with Crippen molar-refractivity contribution in [3.05, 3.63) is 35.9 Å². The Morgan fingerprint density at radius 3 is 2.45 bits per heavy atom. The zero-order valence-corrected chi connectivity index (χ0v) is 14.0. The van der Waals surface area contributed by atoms with Gasteiger partial charge >= 0.3 is 0 Å². The van der Waals surface area contributed by atoms with E-state index < -0.39 is 0 Å². The van der Waals surface area contributed by atoms with Crippen LogP contribution in [0.3, 0.4) is 0 Å². The number of likely N-dealkylation sites (tertiary alicyclic amines) is 1. The fourth-order valence-electron chi connectivity index (χ4n) is 2.60. The molecule has 122 valence electrons. The highest BCUT2D eigenvalue weighted by molar-refractivity contribution is 5.39. The fraction of sp³-hybridized carbons (Fsp3) is 0.556. The summed E-state index contributed by atoms with van der Waals surface area (Å²) in [6, 6.07) is 7.81. The molecule has 1 heterocycles. The second kappa shape index (κ2) is 8.81. The zero-order chi connectivity index (χ0) is 15.8. The van der Waals surface area contributed by atoms with Gasteiger partial charge in [-0.3, -0.25) is 4.90 Å². The van der Waals surface area contributed by atoms with Crippen molar-refractivity contribution in [1.29, 1.82) is 0 Å². The van der Waals surface area contributed by atoms with Crippen molar-refractivity contribution in [3.8, 4) is 11.5 Å². The molecule has 0 bridgehead atoms. The van der Waals surface area contributed by atoms with Crippen LogP contribution >= 0.6 is 0 Å². The van der Waals surface area contributed by atoms with Crippen molar-refractivity contribution in [2.75, 3.05) is 54.0 Å². The maximum Gasteiger partial charge on any atom is 0.161 e. The highest BCUT2D eigenvalue weighted by atomic mass is 16.5. The number of rotatable bonds is 7. The Balaban J connectivity index is 1.70. The monoisotopic (exact) mass is 304 g/mol. The first-order chi connectivity index (χ1) is 10.7. The van der Waals surface area contributed by atoms with Crippen LogP contribution in [0, 0.1) is 0 Å². The normalized spacial score (nSPS) is 15.9. The molecule has 0 spiro atoms. The lowest BCUT2D eigenvalue weighted by Gasteiger charge is -2.28. The SMILES string of the molecule is COc1ccccc1OCCN1CCC(=CCN(C)C)CC1. The van der Waals surface area contributed by atoms with Gasteiger partial charge in [-0.05, 0) is 39.1 Å². The lowest BCUT2D eigenvalue weighted by molar-refractivity contribution is 0.195. The van der Waals surface area contributed by atoms with Gasteiger partial charge in [-0.25, -0.2) is 0 Å². The summed E-state index contributed by atoms with van der Waals surface area (Å²) in [6.07, 6.45) is 4.74. The first-order valence-corrected chi connectivity index (χ1v) is 8.00. The third kappa shape index (κ3) is 5.35. The number of likely N-dealkylation sites (N-methyl/N-ethyl adjacent to an activating group) is 1. The maximum absolute atomic E-state index is 5.85. The summed E-state index contributed by atoms with van der Waals surface area (Å²) in [5, 5.41) is 0. The summed E-state index contributed by atoms with van der Waals surface area (Å²) in [7, 11) is 5.90. The van der Waals surface area contributed by atoms with Gasteiger partial charge in [0.15, 0.2) is 11.5 Å². The Morgan fingerprint density at radius 2 is 1.82 bits per heavy atom. The molecular weight excluding hydrogens is 276 g/mol. The van der Waals surface area contributed by atoms with Crippen LogP contribution in [0.5, 0.6) is 11.5 Å². The Bertz CT molecular complexity index is 476. The van der Waals surface area contributed by atoms with E-state index in [0.717, 1.165) is 37.7 Å². The van der Waals surface area contributed by atoms with Crippen LogP contribution in [0.1, 0.15) is 12.8 Å². The predicted octanol–water partition coefficient (Wildman–Crippen LogP) is 2.66. The van der Waals surface area contributed by atoms with Crippen molar-refractivity contribution in [2.24, 2.45) is 0 Å².